The van der Waals surface area contributed by atoms with Crippen molar-refractivity contribution in [2.75, 3.05) is 11.9 Å². The first-order valence-corrected chi connectivity index (χ1v) is 7.12. The zero-order valence-electron chi connectivity index (χ0n) is 10.2. The number of rotatable bonds is 3. The van der Waals surface area contributed by atoms with E-state index in [9.17, 15) is 5.11 Å². The van der Waals surface area contributed by atoms with Crippen molar-refractivity contribution in [3.63, 3.8) is 0 Å². The zero-order valence-corrected chi connectivity index (χ0v) is 11.8. The number of halogens is 1. The molecule has 0 heterocycles. The van der Waals surface area contributed by atoms with Crippen molar-refractivity contribution in [1.29, 1.82) is 0 Å². The minimum absolute atomic E-state index is 0.0558. The largest absolute Gasteiger partial charge is 0.393 e. The number of aryl methyl sites for hydroxylation is 1. The van der Waals surface area contributed by atoms with E-state index < -0.39 is 0 Å². The predicted molar refractivity (Wildman–Crippen MR) is 75.3 cm³/mol. The van der Waals surface area contributed by atoms with Gasteiger partial charge < -0.3 is 10.4 Å². The fourth-order valence-corrected chi connectivity index (χ4v) is 2.69. The summed E-state index contributed by atoms with van der Waals surface area (Å²) in [5, 5.41) is 12.9. The highest BCUT2D eigenvalue weighted by atomic mass is 79.9. The molecule has 1 aliphatic rings. The lowest BCUT2D eigenvalue weighted by atomic mass is 9.87. The molecular weight excluding hydrogens is 278 g/mol. The van der Waals surface area contributed by atoms with E-state index >= 15 is 0 Å². The van der Waals surface area contributed by atoms with Gasteiger partial charge in [-0.05, 0) is 56.2 Å². The van der Waals surface area contributed by atoms with Crippen LogP contribution in [-0.4, -0.2) is 17.8 Å². The lowest BCUT2D eigenvalue weighted by Crippen LogP contribution is -2.23. The van der Waals surface area contributed by atoms with Gasteiger partial charge in [0.05, 0.1) is 6.10 Å². The summed E-state index contributed by atoms with van der Waals surface area (Å²) in [4.78, 5) is 0. The molecule has 1 aliphatic carbocycles. The van der Waals surface area contributed by atoms with Crippen LogP contribution in [0.1, 0.15) is 31.2 Å². The Morgan fingerprint density at radius 2 is 2.00 bits per heavy atom. The average Bonchev–Trinajstić information content (AvgIpc) is 2.33. The fraction of sp³-hybridized carbons (Fsp3) is 0.571. The second-order valence-corrected chi connectivity index (χ2v) is 5.87. The Morgan fingerprint density at radius 3 is 2.65 bits per heavy atom. The molecule has 1 aromatic rings. The minimum Gasteiger partial charge on any atom is -0.393 e. The summed E-state index contributed by atoms with van der Waals surface area (Å²) in [6, 6.07) is 6.38. The molecule has 2 N–H and O–H groups in total. The van der Waals surface area contributed by atoms with Gasteiger partial charge in [-0.25, -0.2) is 0 Å². The first-order valence-electron chi connectivity index (χ1n) is 6.33. The van der Waals surface area contributed by atoms with Gasteiger partial charge in [-0.3, -0.25) is 0 Å². The van der Waals surface area contributed by atoms with Gasteiger partial charge in [0.2, 0.25) is 0 Å². The van der Waals surface area contributed by atoms with Crippen molar-refractivity contribution in [2.45, 2.75) is 38.7 Å². The Labute approximate surface area is 112 Å². The summed E-state index contributed by atoms with van der Waals surface area (Å²) in [7, 11) is 0. The van der Waals surface area contributed by atoms with Crippen molar-refractivity contribution in [1.82, 2.24) is 0 Å². The van der Waals surface area contributed by atoms with E-state index in [0.717, 1.165) is 36.7 Å². The average molecular weight is 298 g/mol. The monoisotopic (exact) mass is 297 g/mol. The molecule has 1 saturated carbocycles. The first kappa shape index (κ1) is 12.9. The van der Waals surface area contributed by atoms with E-state index in [4.69, 9.17) is 0 Å². The Bertz CT molecular complexity index is 372. The molecular formula is C14H20BrNO. The van der Waals surface area contributed by atoms with E-state index in [1.807, 2.05) is 0 Å². The van der Waals surface area contributed by atoms with Crippen molar-refractivity contribution in [3.8, 4) is 0 Å². The molecule has 1 fully saturated rings. The molecule has 3 heteroatoms. The van der Waals surface area contributed by atoms with Gasteiger partial charge in [0.1, 0.15) is 0 Å². The van der Waals surface area contributed by atoms with E-state index in [-0.39, 0.29) is 6.10 Å². The highest BCUT2D eigenvalue weighted by Gasteiger charge is 2.18. The summed E-state index contributed by atoms with van der Waals surface area (Å²) in [5.41, 5.74) is 2.44. The third-order valence-corrected chi connectivity index (χ3v) is 4.44. The predicted octanol–water partition coefficient (Wildman–Crippen LogP) is 3.72. The number of aliphatic hydroxyl groups excluding tert-OH is 1. The maximum atomic E-state index is 9.45. The van der Waals surface area contributed by atoms with Crippen LogP contribution in [0.4, 0.5) is 5.69 Å². The third-order valence-electron chi connectivity index (χ3n) is 3.58. The fourth-order valence-electron chi connectivity index (χ4n) is 2.31. The molecule has 0 radical (unpaired) electrons. The molecule has 0 unspecified atom stereocenters. The maximum Gasteiger partial charge on any atom is 0.0540 e. The van der Waals surface area contributed by atoms with Gasteiger partial charge in [0.25, 0.3) is 0 Å². The van der Waals surface area contributed by atoms with Gasteiger partial charge in [-0.1, -0.05) is 22.0 Å². The van der Waals surface area contributed by atoms with Gasteiger partial charge in [0, 0.05) is 16.7 Å². The Kier molecular flexibility index (Phi) is 4.46. The highest BCUT2D eigenvalue weighted by Crippen LogP contribution is 2.25. The van der Waals surface area contributed by atoms with Gasteiger partial charge in [-0.2, -0.15) is 0 Å². The Hall–Kier alpha value is -0.540. The summed E-state index contributed by atoms with van der Waals surface area (Å²) < 4.78 is 1.15. The first-order chi connectivity index (χ1) is 8.15. The van der Waals surface area contributed by atoms with Gasteiger partial charge in [-0.15, -0.1) is 0 Å². The smallest absolute Gasteiger partial charge is 0.0540 e. The van der Waals surface area contributed by atoms with Crippen molar-refractivity contribution >= 4 is 21.6 Å². The van der Waals surface area contributed by atoms with Gasteiger partial charge >= 0.3 is 0 Å². The summed E-state index contributed by atoms with van der Waals surface area (Å²) in [6.45, 7) is 3.11. The topological polar surface area (TPSA) is 32.3 Å². The van der Waals surface area contributed by atoms with Crippen molar-refractivity contribution in [2.24, 2.45) is 5.92 Å². The lowest BCUT2D eigenvalue weighted by Gasteiger charge is -2.25. The molecule has 0 aliphatic heterocycles. The number of aliphatic hydroxyl groups is 1. The normalized spacial score (nSPS) is 24.6. The molecule has 2 nitrogen and oxygen atoms in total. The molecule has 0 amide bonds. The van der Waals surface area contributed by atoms with Crippen molar-refractivity contribution < 1.29 is 5.11 Å². The number of hydrogen-bond acceptors (Lipinski definition) is 2. The SMILES string of the molecule is Cc1ccc(NCC2CCC(O)CC2)cc1Br. The van der Waals surface area contributed by atoms with Crippen LogP contribution in [0.15, 0.2) is 22.7 Å². The van der Waals surface area contributed by atoms with Crippen LogP contribution in [0.3, 0.4) is 0 Å². The van der Waals surface area contributed by atoms with Crippen LogP contribution < -0.4 is 5.32 Å². The molecule has 1 aromatic carbocycles. The molecule has 2 rings (SSSR count). The van der Waals surface area contributed by atoms with E-state index in [1.54, 1.807) is 0 Å². The second kappa shape index (κ2) is 5.87. The minimum atomic E-state index is -0.0558. The Balaban J connectivity index is 1.83. The molecule has 0 aromatic heterocycles. The lowest BCUT2D eigenvalue weighted by molar-refractivity contribution is 0.111. The van der Waals surface area contributed by atoms with Crippen LogP contribution in [0.2, 0.25) is 0 Å². The van der Waals surface area contributed by atoms with Crippen LogP contribution in [0.5, 0.6) is 0 Å². The van der Waals surface area contributed by atoms with E-state index in [2.05, 4.69) is 46.4 Å². The number of hydrogen-bond donors (Lipinski definition) is 2. The second-order valence-electron chi connectivity index (χ2n) is 5.02. The molecule has 94 valence electrons. The van der Waals surface area contributed by atoms with E-state index in [0.29, 0.717) is 5.92 Å². The summed E-state index contributed by atoms with van der Waals surface area (Å²) in [5.74, 6) is 0.707. The number of nitrogens with one attached hydrogen (secondary N) is 1. The maximum absolute atomic E-state index is 9.45. The van der Waals surface area contributed by atoms with Crippen LogP contribution in [0, 0.1) is 12.8 Å². The van der Waals surface area contributed by atoms with E-state index in [1.165, 1.54) is 11.3 Å². The van der Waals surface area contributed by atoms with Crippen molar-refractivity contribution in [3.05, 3.63) is 28.2 Å². The van der Waals surface area contributed by atoms with Crippen LogP contribution in [-0.2, 0) is 0 Å². The standard InChI is InChI=1S/C14H20BrNO/c1-10-2-5-12(8-14(10)15)16-9-11-3-6-13(17)7-4-11/h2,5,8,11,13,16-17H,3-4,6-7,9H2,1H3. The molecule has 0 atom stereocenters. The summed E-state index contributed by atoms with van der Waals surface area (Å²) in [6.07, 6.45) is 4.15. The third kappa shape index (κ3) is 3.71. The quantitative estimate of drug-likeness (QED) is 0.891. The number of benzene rings is 1. The molecule has 17 heavy (non-hydrogen) atoms. The van der Waals surface area contributed by atoms with Crippen LogP contribution >= 0.6 is 15.9 Å². The Morgan fingerprint density at radius 1 is 1.29 bits per heavy atom. The molecule has 0 spiro atoms. The zero-order chi connectivity index (χ0) is 12.3. The number of anilines is 1. The summed E-state index contributed by atoms with van der Waals surface area (Å²) >= 11 is 3.55. The van der Waals surface area contributed by atoms with Crippen LogP contribution in [0.25, 0.3) is 0 Å². The molecule has 0 bridgehead atoms. The molecule has 0 saturated heterocycles. The van der Waals surface area contributed by atoms with Gasteiger partial charge in [0.15, 0.2) is 0 Å². The highest BCUT2D eigenvalue weighted by molar-refractivity contribution is 9.10.